The van der Waals surface area contributed by atoms with Crippen LogP contribution in [0.5, 0.6) is 0 Å². The molecule has 3 rings (SSSR count). The number of hydrogen-bond donors (Lipinski definition) is 2. The summed E-state index contributed by atoms with van der Waals surface area (Å²) in [6, 6.07) is 0. The Morgan fingerprint density at radius 1 is 1.48 bits per heavy atom. The van der Waals surface area contributed by atoms with E-state index in [1.165, 1.54) is 0 Å². The maximum Gasteiger partial charge on any atom is 0.271 e. The summed E-state index contributed by atoms with van der Waals surface area (Å²) < 4.78 is 3.81. The van der Waals surface area contributed by atoms with Crippen LogP contribution in [0, 0.1) is 13.8 Å². The van der Waals surface area contributed by atoms with Crippen LogP contribution in [0.25, 0.3) is 0 Å². The van der Waals surface area contributed by atoms with E-state index in [9.17, 15) is 4.79 Å². The van der Waals surface area contributed by atoms with Gasteiger partial charge in [0.1, 0.15) is 5.69 Å². The first kappa shape index (κ1) is 13.7. The van der Waals surface area contributed by atoms with E-state index in [1.54, 1.807) is 6.20 Å². The molecule has 1 aliphatic rings. The van der Waals surface area contributed by atoms with Crippen molar-refractivity contribution in [2.75, 3.05) is 11.9 Å². The Bertz CT molecular complexity index is 660. The largest absolute Gasteiger partial charge is 0.356 e. The number of carbonyl (C=O) groups is 1. The molecule has 0 spiro atoms. The lowest BCUT2D eigenvalue weighted by Crippen LogP contribution is -2.23. The third kappa shape index (κ3) is 2.51. The summed E-state index contributed by atoms with van der Waals surface area (Å²) in [6.45, 7) is 6.24. The number of rotatable bonds is 3. The minimum absolute atomic E-state index is 0.152. The number of nitrogens with zero attached hydrogens (tertiary/aromatic N) is 4. The molecular formula is C14H20N6O. The summed E-state index contributed by atoms with van der Waals surface area (Å²) in [5.41, 5.74) is 3.53. The van der Waals surface area contributed by atoms with Gasteiger partial charge in [-0.1, -0.05) is 0 Å². The monoisotopic (exact) mass is 288 g/mol. The molecule has 2 aromatic heterocycles. The molecule has 0 unspecified atom stereocenters. The van der Waals surface area contributed by atoms with E-state index in [-0.39, 0.29) is 5.91 Å². The highest BCUT2D eigenvalue weighted by atomic mass is 16.1. The molecule has 0 saturated heterocycles. The van der Waals surface area contributed by atoms with E-state index in [2.05, 4.69) is 20.7 Å². The molecule has 7 heteroatoms. The fourth-order valence-corrected chi connectivity index (χ4v) is 2.62. The van der Waals surface area contributed by atoms with Gasteiger partial charge in [0.25, 0.3) is 5.91 Å². The zero-order valence-electron chi connectivity index (χ0n) is 12.6. The number of nitrogens with one attached hydrogen (secondary N) is 2. The smallest absolute Gasteiger partial charge is 0.271 e. The number of aromatic nitrogens is 4. The van der Waals surface area contributed by atoms with Crippen LogP contribution < -0.4 is 10.6 Å². The van der Waals surface area contributed by atoms with E-state index in [4.69, 9.17) is 0 Å². The van der Waals surface area contributed by atoms with Gasteiger partial charge in [0.2, 0.25) is 5.95 Å². The first-order valence-corrected chi connectivity index (χ1v) is 7.14. The van der Waals surface area contributed by atoms with Crippen molar-refractivity contribution in [1.29, 1.82) is 0 Å². The van der Waals surface area contributed by atoms with E-state index < -0.39 is 0 Å². The van der Waals surface area contributed by atoms with Crippen molar-refractivity contribution < 1.29 is 4.79 Å². The Labute approximate surface area is 123 Å². The summed E-state index contributed by atoms with van der Waals surface area (Å²) in [5, 5.41) is 10.5. The van der Waals surface area contributed by atoms with E-state index >= 15 is 0 Å². The van der Waals surface area contributed by atoms with Crippen molar-refractivity contribution in [2.24, 2.45) is 7.05 Å². The fraction of sp³-hybridized carbons (Fsp3) is 0.500. The lowest BCUT2D eigenvalue weighted by molar-refractivity contribution is 0.0946. The summed E-state index contributed by atoms with van der Waals surface area (Å²) in [5.74, 6) is 0.626. The predicted molar refractivity (Wildman–Crippen MR) is 79.2 cm³/mol. The van der Waals surface area contributed by atoms with Gasteiger partial charge in [0.05, 0.1) is 5.69 Å². The average Bonchev–Trinajstić information content (AvgIpc) is 2.99. The lowest BCUT2D eigenvalue weighted by atomic mass is 10.2. The zero-order valence-corrected chi connectivity index (χ0v) is 12.6. The number of anilines is 1. The lowest BCUT2D eigenvalue weighted by Gasteiger charge is -2.14. The molecule has 3 heterocycles. The van der Waals surface area contributed by atoms with Crippen LogP contribution in [0.15, 0.2) is 6.20 Å². The summed E-state index contributed by atoms with van der Waals surface area (Å²) in [7, 11) is 1.91. The summed E-state index contributed by atoms with van der Waals surface area (Å²) in [6.07, 6.45) is 2.86. The molecular weight excluding hydrogens is 268 g/mol. The quantitative estimate of drug-likeness (QED) is 0.882. The van der Waals surface area contributed by atoms with Crippen LogP contribution in [0.1, 0.15) is 33.9 Å². The maximum atomic E-state index is 12.2. The van der Waals surface area contributed by atoms with Crippen molar-refractivity contribution >= 4 is 11.9 Å². The molecule has 1 aliphatic heterocycles. The third-order valence-corrected chi connectivity index (χ3v) is 3.95. The second-order valence-electron chi connectivity index (χ2n) is 5.38. The van der Waals surface area contributed by atoms with Crippen LogP contribution in [-0.4, -0.2) is 31.8 Å². The van der Waals surface area contributed by atoms with Crippen molar-refractivity contribution in [3.8, 4) is 0 Å². The van der Waals surface area contributed by atoms with Crippen LogP contribution >= 0.6 is 0 Å². The van der Waals surface area contributed by atoms with Crippen molar-refractivity contribution in [1.82, 2.24) is 24.6 Å². The Morgan fingerprint density at radius 2 is 2.29 bits per heavy atom. The molecule has 7 nitrogen and oxygen atoms in total. The SMILES string of the molecule is Cc1nn(C)c(C)c1CNC(=O)c1cn2c(n1)NCCC2. The first-order valence-electron chi connectivity index (χ1n) is 7.14. The topological polar surface area (TPSA) is 76.8 Å². The van der Waals surface area contributed by atoms with Crippen molar-refractivity contribution in [2.45, 2.75) is 33.4 Å². The molecule has 112 valence electrons. The highest BCUT2D eigenvalue weighted by Crippen LogP contribution is 2.15. The average molecular weight is 288 g/mol. The Hall–Kier alpha value is -2.31. The van der Waals surface area contributed by atoms with Gasteiger partial charge in [-0.2, -0.15) is 5.10 Å². The van der Waals surface area contributed by atoms with Gasteiger partial charge in [0.15, 0.2) is 0 Å². The fourth-order valence-electron chi connectivity index (χ4n) is 2.62. The third-order valence-electron chi connectivity index (χ3n) is 3.95. The minimum atomic E-state index is -0.152. The molecule has 0 bridgehead atoms. The normalized spacial score (nSPS) is 13.7. The minimum Gasteiger partial charge on any atom is -0.356 e. The summed E-state index contributed by atoms with van der Waals surface area (Å²) >= 11 is 0. The van der Waals surface area contributed by atoms with Gasteiger partial charge in [-0.05, 0) is 20.3 Å². The Balaban J connectivity index is 1.70. The second kappa shape index (κ2) is 5.23. The van der Waals surface area contributed by atoms with Gasteiger partial charge in [-0.15, -0.1) is 0 Å². The molecule has 0 aliphatic carbocycles. The van der Waals surface area contributed by atoms with Crippen molar-refractivity contribution in [3.05, 3.63) is 28.8 Å². The van der Waals surface area contributed by atoms with Gasteiger partial charge < -0.3 is 15.2 Å². The van der Waals surface area contributed by atoms with Gasteiger partial charge in [-0.3, -0.25) is 9.48 Å². The van der Waals surface area contributed by atoms with Gasteiger partial charge in [0, 0.05) is 44.1 Å². The molecule has 0 fully saturated rings. The van der Waals surface area contributed by atoms with Gasteiger partial charge >= 0.3 is 0 Å². The van der Waals surface area contributed by atoms with E-state index in [1.807, 2.05) is 30.1 Å². The van der Waals surface area contributed by atoms with E-state index in [0.29, 0.717) is 12.2 Å². The number of carbonyl (C=O) groups excluding carboxylic acids is 1. The maximum absolute atomic E-state index is 12.2. The standard InChI is InChI=1S/C14H20N6O/c1-9-11(10(2)19(3)18-9)7-16-13(21)12-8-20-6-4-5-15-14(20)17-12/h8H,4-7H2,1-3H3,(H,15,17)(H,16,21). The van der Waals surface area contributed by atoms with Crippen LogP contribution in [0.3, 0.4) is 0 Å². The number of aryl methyl sites for hydroxylation is 3. The van der Waals surface area contributed by atoms with Crippen molar-refractivity contribution in [3.63, 3.8) is 0 Å². The van der Waals surface area contributed by atoms with E-state index in [0.717, 1.165) is 42.4 Å². The zero-order chi connectivity index (χ0) is 15.0. The molecule has 1 amide bonds. The molecule has 0 radical (unpaired) electrons. The van der Waals surface area contributed by atoms with Gasteiger partial charge in [-0.25, -0.2) is 4.98 Å². The second-order valence-corrected chi connectivity index (χ2v) is 5.38. The number of imidazole rings is 1. The first-order chi connectivity index (χ1) is 10.1. The summed E-state index contributed by atoms with van der Waals surface area (Å²) in [4.78, 5) is 16.6. The molecule has 0 atom stereocenters. The highest BCUT2D eigenvalue weighted by molar-refractivity contribution is 5.92. The number of fused-ring (bicyclic) bond motifs is 1. The Kier molecular flexibility index (Phi) is 3.40. The molecule has 2 aromatic rings. The van der Waals surface area contributed by atoms with Crippen LogP contribution in [0.2, 0.25) is 0 Å². The Morgan fingerprint density at radius 3 is 2.95 bits per heavy atom. The number of amides is 1. The molecule has 2 N–H and O–H groups in total. The highest BCUT2D eigenvalue weighted by Gasteiger charge is 2.17. The predicted octanol–water partition coefficient (Wildman–Crippen LogP) is 0.979. The van der Waals surface area contributed by atoms with Crippen LogP contribution in [0.4, 0.5) is 5.95 Å². The number of hydrogen-bond acceptors (Lipinski definition) is 4. The molecule has 21 heavy (non-hydrogen) atoms. The molecule has 0 saturated carbocycles. The van der Waals surface area contributed by atoms with Crippen LogP contribution in [-0.2, 0) is 20.1 Å². The molecule has 0 aromatic carbocycles.